The predicted molar refractivity (Wildman–Crippen MR) is 108 cm³/mol. The Hall–Kier alpha value is -3.54. The minimum atomic E-state index is -6.04. The number of aromatic carboxylic acids is 1. The van der Waals surface area contributed by atoms with E-state index in [0.717, 1.165) is 22.3 Å². The van der Waals surface area contributed by atoms with Gasteiger partial charge in [0.15, 0.2) is 10.8 Å². The molecule has 172 valence electrons. The van der Waals surface area contributed by atoms with Crippen molar-refractivity contribution >= 4 is 28.5 Å². The molecular formula is C21H13F5N2O4S. The molecule has 0 fully saturated rings. The first kappa shape index (κ1) is 22.6. The van der Waals surface area contributed by atoms with Crippen LogP contribution in [-0.2, 0) is 10.7 Å². The molecule has 0 saturated carbocycles. The Bertz CT molecular complexity index is 1200. The predicted octanol–water partition coefficient (Wildman–Crippen LogP) is 5.86. The standard InChI is InChI=1S/C21H13F5N2O4S/c22-20(23,21(24,25)26)16-15(17(29)30)27-18(33-16)28-19(31)32-9-14-12-7-3-1-5-10(12)11-6-2-4-8-13(11)14/h1-8,14H,9H2,(H,29,30)(H,27,28,31). The quantitative estimate of drug-likeness (QED) is 0.443. The van der Waals surface area contributed by atoms with Crippen molar-refractivity contribution in [3.63, 3.8) is 0 Å². The lowest BCUT2D eigenvalue weighted by Gasteiger charge is -2.18. The average Bonchev–Trinajstić information content (AvgIpc) is 3.31. The van der Waals surface area contributed by atoms with Crippen LogP contribution in [0.5, 0.6) is 0 Å². The summed E-state index contributed by atoms with van der Waals surface area (Å²) < 4.78 is 70.7. The zero-order chi connectivity index (χ0) is 24.0. The topological polar surface area (TPSA) is 88.5 Å². The van der Waals surface area contributed by atoms with Crippen molar-refractivity contribution in [2.24, 2.45) is 0 Å². The van der Waals surface area contributed by atoms with E-state index in [0.29, 0.717) is 0 Å². The summed E-state index contributed by atoms with van der Waals surface area (Å²) in [5.74, 6) is -7.87. The van der Waals surface area contributed by atoms with Crippen molar-refractivity contribution in [1.29, 1.82) is 0 Å². The van der Waals surface area contributed by atoms with E-state index in [9.17, 15) is 31.5 Å². The number of aromatic nitrogens is 1. The van der Waals surface area contributed by atoms with Gasteiger partial charge < -0.3 is 9.84 Å². The van der Waals surface area contributed by atoms with Crippen molar-refractivity contribution in [1.82, 2.24) is 4.98 Å². The molecule has 1 aromatic heterocycles. The van der Waals surface area contributed by atoms with Crippen LogP contribution in [0.15, 0.2) is 48.5 Å². The molecule has 0 spiro atoms. The van der Waals surface area contributed by atoms with Crippen LogP contribution >= 0.6 is 11.3 Å². The lowest BCUT2D eigenvalue weighted by molar-refractivity contribution is -0.288. The van der Waals surface area contributed by atoms with Gasteiger partial charge in [0.25, 0.3) is 0 Å². The molecule has 33 heavy (non-hydrogen) atoms. The fourth-order valence-corrected chi connectivity index (χ4v) is 4.52. The molecule has 12 heteroatoms. The van der Waals surface area contributed by atoms with E-state index in [2.05, 4.69) is 4.98 Å². The minimum absolute atomic E-state index is 0.150. The number of halogens is 5. The number of carbonyl (C=O) groups is 2. The minimum Gasteiger partial charge on any atom is -0.476 e. The van der Waals surface area contributed by atoms with Gasteiger partial charge >= 0.3 is 24.2 Å². The Morgan fingerprint density at radius 3 is 2.06 bits per heavy atom. The largest absolute Gasteiger partial charge is 0.476 e. The molecule has 1 aliphatic carbocycles. The van der Waals surface area contributed by atoms with Crippen molar-refractivity contribution in [3.05, 3.63) is 70.2 Å². The Kier molecular flexibility index (Phi) is 5.56. The third-order valence-corrected chi connectivity index (χ3v) is 6.06. The zero-order valence-electron chi connectivity index (χ0n) is 16.3. The highest BCUT2D eigenvalue weighted by molar-refractivity contribution is 7.16. The van der Waals surface area contributed by atoms with Gasteiger partial charge in [0.05, 0.1) is 0 Å². The molecule has 0 saturated heterocycles. The van der Waals surface area contributed by atoms with Crippen LogP contribution in [0.4, 0.5) is 31.9 Å². The Balaban J connectivity index is 1.52. The van der Waals surface area contributed by atoms with Crippen LogP contribution in [-0.4, -0.2) is 34.9 Å². The normalized spacial score (nSPS) is 13.4. The van der Waals surface area contributed by atoms with E-state index < -0.39 is 39.9 Å². The molecule has 0 bridgehead atoms. The summed E-state index contributed by atoms with van der Waals surface area (Å²) in [4.78, 5) is 24.7. The molecule has 6 nitrogen and oxygen atoms in total. The van der Waals surface area contributed by atoms with E-state index in [1.165, 1.54) is 0 Å². The number of hydrogen-bond acceptors (Lipinski definition) is 5. The van der Waals surface area contributed by atoms with E-state index >= 15 is 0 Å². The highest BCUT2D eigenvalue weighted by Crippen LogP contribution is 2.48. The lowest BCUT2D eigenvalue weighted by atomic mass is 9.98. The Morgan fingerprint density at radius 1 is 1.00 bits per heavy atom. The first-order valence-corrected chi connectivity index (χ1v) is 10.1. The highest BCUT2D eigenvalue weighted by atomic mass is 32.1. The molecule has 3 aromatic rings. The summed E-state index contributed by atoms with van der Waals surface area (Å²) >= 11 is -0.289. The first-order chi connectivity index (χ1) is 15.5. The molecule has 1 heterocycles. The van der Waals surface area contributed by atoms with Gasteiger partial charge in [0.1, 0.15) is 11.5 Å². The number of nitrogens with zero attached hydrogens (tertiary/aromatic N) is 1. The van der Waals surface area contributed by atoms with Crippen LogP contribution in [0.2, 0.25) is 0 Å². The van der Waals surface area contributed by atoms with E-state index in [-0.39, 0.29) is 23.9 Å². The smallest absolute Gasteiger partial charge is 0.459 e. The van der Waals surface area contributed by atoms with Crippen molar-refractivity contribution in [2.45, 2.75) is 18.0 Å². The average molecular weight is 484 g/mol. The SMILES string of the molecule is O=C(Nc1nc(C(=O)O)c(C(F)(F)C(F)(F)F)s1)OCC1c2ccccc2-c2ccccc21. The summed E-state index contributed by atoms with van der Waals surface area (Å²) in [6.45, 7) is -0.150. The second-order valence-corrected chi connectivity index (χ2v) is 8.02. The third kappa shape index (κ3) is 4.01. The number of ether oxygens (including phenoxy) is 1. The Morgan fingerprint density at radius 2 is 1.55 bits per heavy atom. The number of alkyl halides is 5. The molecule has 0 atom stereocenters. The van der Waals surface area contributed by atoms with Gasteiger partial charge in [0.2, 0.25) is 0 Å². The molecule has 2 N–H and O–H groups in total. The van der Waals surface area contributed by atoms with Crippen LogP contribution in [0.1, 0.15) is 32.4 Å². The number of hydrogen-bond donors (Lipinski definition) is 2. The molecule has 0 unspecified atom stereocenters. The van der Waals surface area contributed by atoms with Crippen LogP contribution < -0.4 is 5.32 Å². The van der Waals surface area contributed by atoms with Gasteiger partial charge in [-0.25, -0.2) is 14.6 Å². The van der Waals surface area contributed by atoms with Crippen molar-refractivity contribution < 1.29 is 41.4 Å². The zero-order valence-corrected chi connectivity index (χ0v) is 17.1. The van der Waals surface area contributed by atoms with Gasteiger partial charge in [-0.05, 0) is 22.3 Å². The summed E-state index contributed by atoms with van der Waals surface area (Å²) in [6.07, 6.45) is -7.21. The van der Waals surface area contributed by atoms with Crippen LogP contribution in [0, 0.1) is 0 Å². The number of benzene rings is 2. The number of thiazole rings is 1. The molecule has 4 rings (SSSR count). The number of rotatable bonds is 5. The Labute approximate surface area is 186 Å². The number of fused-ring (bicyclic) bond motifs is 3. The summed E-state index contributed by atoms with van der Waals surface area (Å²) in [6, 6.07) is 14.9. The molecule has 2 aromatic carbocycles. The van der Waals surface area contributed by atoms with Gasteiger partial charge in [-0.2, -0.15) is 22.0 Å². The number of carboxylic acids is 1. The first-order valence-electron chi connectivity index (χ1n) is 9.32. The van der Waals surface area contributed by atoms with Crippen molar-refractivity contribution in [2.75, 3.05) is 11.9 Å². The molecule has 1 amide bonds. The van der Waals surface area contributed by atoms with Crippen molar-refractivity contribution in [3.8, 4) is 11.1 Å². The molecule has 0 radical (unpaired) electrons. The highest BCUT2D eigenvalue weighted by Gasteiger charge is 2.61. The van der Waals surface area contributed by atoms with Crippen LogP contribution in [0.3, 0.4) is 0 Å². The maximum absolute atomic E-state index is 13.7. The third-order valence-electron chi connectivity index (χ3n) is 5.02. The lowest BCUT2D eigenvalue weighted by Crippen LogP contribution is -2.34. The summed E-state index contributed by atoms with van der Waals surface area (Å²) in [5, 5.41) is 10.1. The van der Waals surface area contributed by atoms with Gasteiger partial charge in [-0.15, -0.1) is 0 Å². The second kappa shape index (κ2) is 8.10. The summed E-state index contributed by atoms with van der Waals surface area (Å²) in [5.41, 5.74) is 2.23. The monoisotopic (exact) mass is 484 g/mol. The number of carboxylic acid groups (broad SMARTS) is 1. The maximum atomic E-state index is 13.7. The number of amides is 1. The number of carbonyl (C=O) groups excluding carboxylic acids is 1. The van der Waals surface area contributed by atoms with E-state index in [1.54, 1.807) is 0 Å². The van der Waals surface area contributed by atoms with E-state index in [4.69, 9.17) is 9.84 Å². The molecule has 1 aliphatic rings. The van der Waals surface area contributed by atoms with Gasteiger partial charge in [-0.1, -0.05) is 59.9 Å². The number of nitrogens with one attached hydrogen (secondary N) is 1. The molecular weight excluding hydrogens is 471 g/mol. The van der Waals surface area contributed by atoms with Gasteiger partial charge in [-0.3, -0.25) is 5.32 Å². The second-order valence-electron chi connectivity index (χ2n) is 7.02. The van der Waals surface area contributed by atoms with E-state index in [1.807, 2.05) is 53.8 Å². The van der Waals surface area contributed by atoms with Crippen LogP contribution in [0.25, 0.3) is 11.1 Å². The maximum Gasteiger partial charge on any atom is 0.459 e. The fourth-order valence-electron chi connectivity index (χ4n) is 3.58. The summed E-state index contributed by atoms with van der Waals surface area (Å²) in [7, 11) is 0. The molecule has 0 aliphatic heterocycles. The fraction of sp³-hybridized carbons (Fsp3) is 0.190. The number of anilines is 1. The van der Waals surface area contributed by atoms with Gasteiger partial charge in [0, 0.05) is 5.92 Å².